The van der Waals surface area contributed by atoms with Gasteiger partial charge in [-0.05, 0) is 31.5 Å². The molecule has 1 aliphatic heterocycles. The van der Waals surface area contributed by atoms with Gasteiger partial charge in [0.2, 0.25) is 5.91 Å². The summed E-state index contributed by atoms with van der Waals surface area (Å²) in [4.78, 5) is 11.4. The van der Waals surface area contributed by atoms with Crippen LogP contribution < -0.4 is 20.1 Å². The maximum atomic E-state index is 11.4. The highest BCUT2D eigenvalue weighted by molar-refractivity contribution is 5.75. The molecule has 1 amide bonds. The van der Waals surface area contributed by atoms with Gasteiger partial charge in [-0.15, -0.1) is 0 Å². The second-order valence-electron chi connectivity index (χ2n) is 4.78. The number of amides is 1. The Labute approximate surface area is 119 Å². The Hall–Kier alpha value is -1.75. The van der Waals surface area contributed by atoms with E-state index in [9.17, 15) is 4.79 Å². The predicted octanol–water partition coefficient (Wildman–Crippen LogP) is 1.63. The zero-order valence-corrected chi connectivity index (χ0v) is 12.1. The van der Waals surface area contributed by atoms with Crippen LogP contribution in [0.3, 0.4) is 0 Å². The monoisotopic (exact) mass is 278 g/mol. The Bertz CT molecular complexity index is 462. The first-order chi connectivity index (χ1) is 9.70. The predicted molar refractivity (Wildman–Crippen MR) is 77.2 cm³/mol. The van der Waals surface area contributed by atoms with E-state index in [1.54, 1.807) is 0 Å². The average molecular weight is 278 g/mol. The number of rotatable bonds is 6. The molecular weight excluding hydrogens is 256 g/mol. The molecule has 5 heteroatoms. The Balaban J connectivity index is 1.86. The molecule has 0 aromatic heterocycles. The highest BCUT2D eigenvalue weighted by Crippen LogP contribution is 2.32. The highest BCUT2D eigenvalue weighted by atomic mass is 16.6. The van der Waals surface area contributed by atoms with Crippen molar-refractivity contribution < 1.29 is 14.3 Å². The molecule has 0 radical (unpaired) electrons. The average Bonchev–Trinajstić information content (AvgIpc) is 2.47. The zero-order chi connectivity index (χ0) is 14.4. The van der Waals surface area contributed by atoms with Crippen LogP contribution in [-0.2, 0) is 4.79 Å². The van der Waals surface area contributed by atoms with Gasteiger partial charge in [0.05, 0.1) is 0 Å². The highest BCUT2D eigenvalue weighted by Gasteiger charge is 2.14. The van der Waals surface area contributed by atoms with E-state index < -0.39 is 0 Å². The summed E-state index contributed by atoms with van der Waals surface area (Å²) < 4.78 is 11.1. The van der Waals surface area contributed by atoms with Crippen LogP contribution in [0.5, 0.6) is 11.5 Å². The Kier molecular flexibility index (Phi) is 5.24. The van der Waals surface area contributed by atoms with E-state index in [1.165, 1.54) is 0 Å². The van der Waals surface area contributed by atoms with Crippen LogP contribution in [0.2, 0.25) is 0 Å². The van der Waals surface area contributed by atoms with Gasteiger partial charge >= 0.3 is 0 Å². The van der Waals surface area contributed by atoms with Crippen LogP contribution in [0.1, 0.15) is 31.9 Å². The second kappa shape index (κ2) is 7.14. The summed E-state index contributed by atoms with van der Waals surface area (Å²) in [5.74, 6) is 1.68. The molecule has 0 saturated carbocycles. The fraction of sp³-hybridized carbons (Fsp3) is 0.533. The lowest BCUT2D eigenvalue weighted by atomic mass is 10.1. The van der Waals surface area contributed by atoms with Crippen molar-refractivity contribution >= 4 is 5.91 Å². The van der Waals surface area contributed by atoms with Gasteiger partial charge < -0.3 is 20.1 Å². The number of hydrogen-bond donors (Lipinski definition) is 2. The number of hydrogen-bond acceptors (Lipinski definition) is 4. The molecule has 1 aromatic rings. The van der Waals surface area contributed by atoms with Crippen LogP contribution in [0.25, 0.3) is 0 Å². The normalized spacial score (nSPS) is 14.7. The van der Waals surface area contributed by atoms with Crippen molar-refractivity contribution in [2.24, 2.45) is 0 Å². The maximum absolute atomic E-state index is 11.4. The van der Waals surface area contributed by atoms with Gasteiger partial charge in [0.15, 0.2) is 11.5 Å². The SMILES string of the molecule is CCNC(=O)CCNC(C)c1ccc2c(c1)OCCO2. The van der Waals surface area contributed by atoms with Crippen molar-refractivity contribution in [2.75, 3.05) is 26.3 Å². The maximum Gasteiger partial charge on any atom is 0.221 e. The number of ether oxygens (including phenoxy) is 2. The lowest BCUT2D eigenvalue weighted by Crippen LogP contribution is -2.28. The van der Waals surface area contributed by atoms with Crippen molar-refractivity contribution in [3.63, 3.8) is 0 Å². The van der Waals surface area contributed by atoms with E-state index in [-0.39, 0.29) is 11.9 Å². The Morgan fingerprint density at radius 1 is 1.30 bits per heavy atom. The second-order valence-corrected chi connectivity index (χ2v) is 4.78. The molecular formula is C15H22N2O3. The molecule has 20 heavy (non-hydrogen) atoms. The van der Waals surface area contributed by atoms with Crippen molar-refractivity contribution in [1.82, 2.24) is 10.6 Å². The molecule has 110 valence electrons. The van der Waals surface area contributed by atoms with E-state index in [0.717, 1.165) is 17.1 Å². The zero-order valence-electron chi connectivity index (χ0n) is 12.1. The van der Waals surface area contributed by atoms with Crippen molar-refractivity contribution in [3.05, 3.63) is 23.8 Å². The third-order valence-electron chi connectivity index (χ3n) is 3.24. The summed E-state index contributed by atoms with van der Waals surface area (Å²) in [5, 5.41) is 6.12. The molecule has 2 N–H and O–H groups in total. The first kappa shape index (κ1) is 14.7. The lowest BCUT2D eigenvalue weighted by Gasteiger charge is -2.21. The minimum absolute atomic E-state index is 0.0781. The summed E-state index contributed by atoms with van der Waals surface area (Å²) in [5.41, 5.74) is 1.13. The molecule has 0 fully saturated rings. The minimum Gasteiger partial charge on any atom is -0.486 e. The smallest absolute Gasteiger partial charge is 0.221 e. The topological polar surface area (TPSA) is 59.6 Å². The van der Waals surface area contributed by atoms with E-state index in [0.29, 0.717) is 32.7 Å². The minimum atomic E-state index is 0.0781. The van der Waals surface area contributed by atoms with E-state index >= 15 is 0 Å². The van der Waals surface area contributed by atoms with Crippen molar-refractivity contribution in [3.8, 4) is 11.5 Å². The summed E-state index contributed by atoms with van der Waals surface area (Å²) >= 11 is 0. The number of carbonyl (C=O) groups is 1. The van der Waals surface area contributed by atoms with E-state index in [4.69, 9.17) is 9.47 Å². The first-order valence-electron chi connectivity index (χ1n) is 7.10. The van der Waals surface area contributed by atoms with Gasteiger partial charge in [0, 0.05) is 25.6 Å². The molecule has 5 nitrogen and oxygen atoms in total. The molecule has 1 unspecified atom stereocenters. The summed E-state index contributed by atoms with van der Waals surface area (Å²) in [6.45, 7) is 6.52. The molecule has 0 aliphatic carbocycles. The summed E-state index contributed by atoms with van der Waals surface area (Å²) in [7, 11) is 0. The van der Waals surface area contributed by atoms with E-state index in [1.807, 2.05) is 25.1 Å². The Morgan fingerprint density at radius 3 is 2.80 bits per heavy atom. The first-order valence-corrected chi connectivity index (χ1v) is 7.10. The summed E-state index contributed by atoms with van der Waals surface area (Å²) in [6, 6.07) is 6.13. The van der Waals surface area contributed by atoms with E-state index in [2.05, 4.69) is 17.6 Å². The fourth-order valence-electron chi connectivity index (χ4n) is 2.13. The third kappa shape index (κ3) is 3.87. The molecule has 2 rings (SSSR count). The van der Waals surface area contributed by atoms with Crippen LogP contribution in [0.4, 0.5) is 0 Å². The van der Waals surface area contributed by atoms with Gasteiger partial charge in [-0.1, -0.05) is 6.07 Å². The number of carbonyl (C=O) groups excluding carboxylic acids is 1. The summed E-state index contributed by atoms with van der Waals surface area (Å²) in [6.07, 6.45) is 0.489. The molecule has 1 aliphatic rings. The lowest BCUT2D eigenvalue weighted by molar-refractivity contribution is -0.120. The largest absolute Gasteiger partial charge is 0.486 e. The van der Waals surface area contributed by atoms with Crippen LogP contribution in [0.15, 0.2) is 18.2 Å². The molecule has 0 bridgehead atoms. The number of fused-ring (bicyclic) bond motifs is 1. The molecule has 0 spiro atoms. The van der Waals surface area contributed by atoms with Crippen molar-refractivity contribution in [1.29, 1.82) is 0 Å². The van der Waals surface area contributed by atoms with Crippen LogP contribution in [-0.4, -0.2) is 32.2 Å². The van der Waals surface area contributed by atoms with Gasteiger partial charge in [0.25, 0.3) is 0 Å². The van der Waals surface area contributed by atoms with Gasteiger partial charge in [-0.3, -0.25) is 4.79 Å². The number of nitrogens with one attached hydrogen (secondary N) is 2. The molecule has 1 atom stereocenters. The van der Waals surface area contributed by atoms with Gasteiger partial charge in [0.1, 0.15) is 13.2 Å². The van der Waals surface area contributed by atoms with Crippen LogP contribution >= 0.6 is 0 Å². The molecule has 0 saturated heterocycles. The Morgan fingerprint density at radius 2 is 2.05 bits per heavy atom. The third-order valence-corrected chi connectivity index (χ3v) is 3.24. The van der Waals surface area contributed by atoms with Gasteiger partial charge in [-0.25, -0.2) is 0 Å². The molecule has 1 aromatic carbocycles. The number of benzene rings is 1. The standard InChI is InChI=1S/C15H22N2O3/c1-3-16-15(18)6-7-17-11(2)12-4-5-13-14(10-12)20-9-8-19-13/h4-5,10-11,17H,3,6-9H2,1-2H3,(H,16,18). The van der Waals surface area contributed by atoms with Crippen molar-refractivity contribution in [2.45, 2.75) is 26.3 Å². The fourth-order valence-corrected chi connectivity index (χ4v) is 2.13. The van der Waals surface area contributed by atoms with Crippen LogP contribution in [0, 0.1) is 0 Å². The quantitative estimate of drug-likeness (QED) is 0.830. The molecule has 1 heterocycles. The van der Waals surface area contributed by atoms with Gasteiger partial charge in [-0.2, -0.15) is 0 Å².